The minimum atomic E-state index is -6.54. The van der Waals surface area contributed by atoms with E-state index in [2.05, 4.69) is 53.7 Å². The molecule has 43 heteroatoms. The maximum Gasteiger partial charge on any atom is 0.490 e. The highest BCUT2D eigenvalue weighted by Crippen LogP contribution is 2.71. The van der Waals surface area contributed by atoms with Crippen LogP contribution in [0.25, 0.3) is 11.2 Å². The molecule has 2 aliphatic rings. The maximum atomic E-state index is 13.7. The number of carbonyl (C=O) groups is 3. The Hall–Kier alpha value is -6.57. The predicted octanol–water partition coefficient (Wildman–Crippen LogP) is 6.69. The van der Waals surface area contributed by atoms with E-state index in [0.29, 0.717) is 22.1 Å². The molecule has 4 unspecified atom stereocenters. The van der Waals surface area contributed by atoms with Crippen molar-refractivity contribution in [2.45, 2.75) is 66.8 Å². The normalized spacial score (nSPS) is 22.8. The van der Waals surface area contributed by atoms with Crippen LogP contribution >= 0.6 is 54.8 Å². The number of nitrogens with zero attached hydrogens (tertiary/aromatic N) is 5. The number of halogens is 3. The van der Waals surface area contributed by atoms with Crippen LogP contribution in [0, 0.1) is 0 Å². The Labute approximate surface area is 506 Å². The van der Waals surface area contributed by atoms with Gasteiger partial charge in [-0.05, 0) is 42.7 Å². The van der Waals surface area contributed by atoms with E-state index in [1.54, 1.807) is 42.5 Å². The van der Waals surface area contributed by atoms with Gasteiger partial charge in [0.25, 0.3) is 5.56 Å². The van der Waals surface area contributed by atoms with Crippen LogP contribution in [0.3, 0.4) is 0 Å². The Morgan fingerprint density at radius 2 is 1.15 bits per heavy atom. The number of alkyl halides is 3. The summed E-state index contributed by atoms with van der Waals surface area (Å²) in [5, 5.41) is 21.2. The average molecular weight is 1370 g/mol. The number of phosphoric acid groups is 4. The maximum absolute atomic E-state index is 13.7. The summed E-state index contributed by atoms with van der Waals surface area (Å²) in [5.74, 6) is 0.0238. The number of ether oxygens (including phenoxy) is 5. The molecule has 0 aliphatic carbocycles. The van der Waals surface area contributed by atoms with Crippen LogP contribution in [0.15, 0.2) is 124 Å². The number of fused-ring (bicyclic) bond motifs is 1. The van der Waals surface area contributed by atoms with Crippen molar-refractivity contribution in [3.63, 3.8) is 0 Å². The molecule has 6 aromatic rings. The van der Waals surface area contributed by atoms with Crippen molar-refractivity contribution >= 4 is 107 Å². The molecule has 3 amide bonds. The number of nitrogens with one attached hydrogen (secondary N) is 5. The van der Waals surface area contributed by atoms with E-state index in [-0.39, 0.29) is 45.7 Å². The van der Waals surface area contributed by atoms with Gasteiger partial charge in [-0.1, -0.05) is 66.4 Å². The molecule has 2 aliphatic heterocycles. The summed E-state index contributed by atoms with van der Waals surface area (Å²) >= 11 is 2.06. The number of benzene rings is 3. The first kappa shape index (κ1) is 68.3. The number of amides is 3. The minimum Gasteiger partial charge on any atom is -0.439 e. The number of hydrogen-bond donors (Lipinski definition) is 10. The number of rotatable bonds is 27. The number of anilines is 4. The molecule has 0 radical (unpaired) electrons. The second-order valence-electron chi connectivity index (χ2n) is 18.2. The van der Waals surface area contributed by atoms with Crippen LogP contribution in [0.4, 0.5) is 50.4 Å². The van der Waals surface area contributed by atoms with Gasteiger partial charge in [0, 0.05) is 47.4 Å². The molecule has 34 nitrogen and oxygen atoms in total. The lowest BCUT2D eigenvalue weighted by Gasteiger charge is -2.25. The van der Waals surface area contributed by atoms with Crippen LogP contribution in [-0.2, 0) is 63.9 Å². The van der Waals surface area contributed by atoms with Crippen molar-refractivity contribution < 1.29 is 116 Å². The summed E-state index contributed by atoms with van der Waals surface area (Å²) in [6.45, 7) is -2.44. The van der Waals surface area contributed by atoms with E-state index >= 15 is 0 Å². The van der Waals surface area contributed by atoms with Gasteiger partial charge in [0.05, 0.1) is 26.0 Å². The fourth-order valence-electron chi connectivity index (χ4n) is 8.15. The van der Waals surface area contributed by atoms with Crippen molar-refractivity contribution in [1.82, 2.24) is 29.1 Å². The number of hydrogen-bond acceptors (Lipinski definition) is 26. The Kier molecular flexibility index (Phi) is 22.7. The third-order valence-electron chi connectivity index (χ3n) is 11.8. The topological polar surface area (TPSA) is 460 Å². The Morgan fingerprint density at radius 1 is 0.663 bits per heavy atom. The number of H-pyrrole nitrogens is 1. The number of aromatic amines is 1. The molecule has 0 spiro atoms. The lowest BCUT2D eigenvalue weighted by molar-refractivity contribution is -0.129. The molecule has 0 bridgehead atoms. The number of para-hydroxylation sites is 3. The van der Waals surface area contributed by atoms with Crippen molar-refractivity contribution in [3.8, 4) is 0 Å². The minimum absolute atomic E-state index is 0.00809. The zero-order chi connectivity index (χ0) is 64.3. The Balaban J connectivity index is 0.997. The second kappa shape index (κ2) is 29.6. The predicted molar refractivity (Wildman–Crippen MR) is 304 cm³/mol. The molecule has 8 rings (SSSR count). The van der Waals surface area contributed by atoms with Crippen LogP contribution in [0.5, 0.6) is 0 Å². The lowest BCUT2D eigenvalue weighted by atomic mass is 10.1. The zero-order valence-electron chi connectivity index (χ0n) is 45.2. The van der Waals surface area contributed by atoms with Crippen LogP contribution in [-0.4, -0.2) is 152 Å². The van der Waals surface area contributed by atoms with E-state index in [9.17, 15) is 80.1 Å². The number of imidazole rings is 1. The Morgan fingerprint density at radius 3 is 1.66 bits per heavy atom. The average Bonchev–Trinajstić information content (AvgIpc) is 1.74. The quantitative estimate of drug-likeness (QED) is 0.00844. The molecule has 2 fully saturated rings. The van der Waals surface area contributed by atoms with Crippen LogP contribution in [0.1, 0.15) is 18.9 Å². The van der Waals surface area contributed by atoms with Crippen molar-refractivity contribution in [1.29, 1.82) is 0 Å². The molecule has 3 aromatic heterocycles. The molecule has 10 N–H and O–H groups in total. The molecule has 482 valence electrons. The number of carbonyl (C=O) groups excluding carboxylic acids is 3. The third-order valence-corrected chi connectivity index (χ3v) is 19.2. The van der Waals surface area contributed by atoms with Crippen molar-refractivity contribution in [2.24, 2.45) is 0 Å². The fraction of sp³-hybridized carbons (Fsp3) is 0.348. The number of phosphoric ester groups is 2. The summed E-state index contributed by atoms with van der Waals surface area (Å²) in [6, 6.07) is 23.7. The van der Waals surface area contributed by atoms with Crippen LogP contribution in [0.2, 0.25) is 0 Å². The van der Waals surface area contributed by atoms with Gasteiger partial charge in [-0.25, -0.2) is 52.4 Å². The van der Waals surface area contributed by atoms with E-state index in [0.717, 1.165) is 23.2 Å². The number of thioether (sulfide) groups is 2. The summed E-state index contributed by atoms with van der Waals surface area (Å²) < 4.78 is 145. The van der Waals surface area contributed by atoms with Gasteiger partial charge in [0.2, 0.25) is 0 Å². The van der Waals surface area contributed by atoms with Crippen molar-refractivity contribution in [3.05, 3.63) is 130 Å². The number of aliphatic hydroxyl groups excluding tert-OH is 1. The lowest BCUT2D eigenvalue weighted by Crippen LogP contribution is -2.42. The largest absolute Gasteiger partial charge is 0.490 e. The van der Waals surface area contributed by atoms with Gasteiger partial charge in [-0.15, -0.1) is 0 Å². The zero-order valence-corrected chi connectivity index (χ0v) is 50.4. The monoisotopic (exact) mass is 1370 g/mol. The molecule has 0 saturated carbocycles. The van der Waals surface area contributed by atoms with Crippen molar-refractivity contribution in [2.75, 3.05) is 58.8 Å². The molecule has 12 atom stereocenters. The first-order valence-corrected chi connectivity index (χ1v) is 33.7. The van der Waals surface area contributed by atoms with E-state index in [4.69, 9.17) is 28.2 Å². The molecule has 89 heavy (non-hydrogen) atoms. The standard InChI is InChI=1S/C46H51F3N10O24P4S2/c1-88-22-19-50-37-32-38(57-41(56-37)89-21-18-46(47,48)49)59(25-51-32)40-36(80-45(65)54-28-15-9-4-10-16-28)34(78-43(63)52-26-11-5-2-6-12-26)30(77-40)24-75-85(68,69)82-87(72,73)83-86(70,71)81-84(66,67)74-23-29-33(61)35(79-44(64)53-27-13-7-3-8-14-27)39(76-29)58-20-17-31(60)55-42(58)62/h2-17,20,25,29-30,33-36,39-40,61H,18-19,21-24H2,1H3,(H,52,63)(H,53,64)(H,54,65)(H,66,67)(H,68,69)(H,70,71)(H,72,73)(H,50,56,57)(H,55,60,62)/t29-,30-,33-,34-,35-,36-,39-,40-/m1/s1. The smallest absolute Gasteiger partial charge is 0.439 e. The van der Waals surface area contributed by atoms with E-state index in [1.165, 1.54) is 60.3 Å². The first-order chi connectivity index (χ1) is 42.1. The van der Waals surface area contributed by atoms with Gasteiger partial charge in [-0.2, -0.15) is 37.9 Å². The van der Waals surface area contributed by atoms with Crippen LogP contribution < -0.4 is 32.5 Å². The highest BCUT2D eigenvalue weighted by Gasteiger charge is 2.54. The SMILES string of the molecule is CSCCNc1nc(SCCC(F)(F)F)nc2c1ncn2[C@@H]1O[C@H](COP(=O)(O)OP(=O)(O)OP(=O)(O)OP(=O)(O)OC[C@H]2O[C@@H](n3ccc(=O)[nH]c3=O)[C@H](OC(=O)Nc3ccccc3)[C@@H]2O)[C@@H](OC(=O)Nc2ccccc2)[C@H]1OC(=O)Nc1ccccc1. The van der Waals surface area contributed by atoms with Gasteiger partial charge in [-0.3, -0.25) is 43.9 Å². The molecular weight excluding hydrogens is 1320 g/mol. The molecule has 5 heterocycles. The van der Waals surface area contributed by atoms with Gasteiger partial charge >= 0.3 is 61.4 Å². The second-order valence-corrected chi connectivity index (χ2v) is 26.5. The highest BCUT2D eigenvalue weighted by atomic mass is 32.2. The number of aromatic nitrogens is 6. The molecular formula is C46H51F3N10O24P4S2. The summed E-state index contributed by atoms with van der Waals surface area (Å²) in [5.41, 5.74) is -1.67. The van der Waals surface area contributed by atoms with Gasteiger partial charge in [0.15, 0.2) is 52.9 Å². The van der Waals surface area contributed by atoms with E-state index < -0.39 is 141 Å². The fourth-order valence-corrected chi connectivity index (χ4v) is 14.2. The summed E-state index contributed by atoms with van der Waals surface area (Å²) in [7, 11) is -25.3. The molecule has 2 saturated heterocycles. The molecule has 3 aromatic carbocycles. The summed E-state index contributed by atoms with van der Waals surface area (Å²) in [6.07, 6.45) is -21.0. The summed E-state index contributed by atoms with van der Waals surface area (Å²) in [4.78, 5) is 122. The first-order valence-electron chi connectivity index (χ1n) is 25.3. The third kappa shape index (κ3) is 19.7. The van der Waals surface area contributed by atoms with Gasteiger partial charge in [0.1, 0.15) is 18.3 Å². The van der Waals surface area contributed by atoms with E-state index in [1.807, 2.05) is 11.2 Å². The number of aliphatic hydroxyl groups is 1. The Bertz CT molecular complexity index is 3780. The van der Waals surface area contributed by atoms with Gasteiger partial charge < -0.3 is 53.7 Å². The highest BCUT2D eigenvalue weighted by molar-refractivity contribution is 7.99.